The van der Waals surface area contributed by atoms with Gasteiger partial charge in [-0.3, -0.25) is 9.69 Å². The summed E-state index contributed by atoms with van der Waals surface area (Å²) < 4.78 is 24.4. The van der Waals surface area contributed by atoms with Gasteiger partial charge in [0.2, 0.25) is 0 Å². The molecule has 1 aromatic carbocycles. The Morgan fingerprint density at radius 1 is 1.19 bits per heavy atom. The quantitative estimate of drug-likeness (QED) is 0.866. The van der Waals surface area contributed by atoms with E-state index in [4.69, 9.17) is 5.11 Å². The summed E-state index contributed by atoms with van der Waals surface area (Å²) in [5.74, 6) is -1.06. The zero-order chi connectivity index (χ0) is 16.3. The smallest absolute Gasteiger partial charge is 0.317 e. The highest BCUT2D eigenvalue weighted by Crippen LogP contribution is 2.23. The van der Waals surface area contributed by atoms with E-state index < -0.39 is 15.8 Å². The lowest BCUT2D eigenvalue weighted by molar-refractivity contribution is -0.137. The van der Waals surface area contributed by atoms with Crippen molar-refractivity contribution < 1.29 is 18.3 Å². The molecule has 0 aliphatic carbocycles. The molecular weight excluding hydrogens is 290 g/mol. The maximum absolute atomic E-state index is 12.2. The monoisotopic (exact) mass is 313 g/mol. The Labute approximate surface area is 126 Å². The Morgan fingerprint density at radius 2 is 1.71 bits per heavy atom. The summed E-state index contributed by atoms with van der Waals surface area (Å²) in [7, 11) is -1.80. The Bertz CT molecular complexity index is 585. The number of carboxylic acids is 1. The van der Waals surface area contributed by atoms with Crippen molar-refractivity contribution in [2.45, 2.75) is 31.1 Å². The van der Waals surface area contributed by atoms with Gasteiger partial charge in [0.15, 0.2) is 9.84 Å². The number of rotatable bonds is 6. The SMILES string of the molecule is CN(CCS(=O)(=O)c1ccc(C(C)(C)C)cc1)CC(=O)O. The lowest BCUT2D eigenvalue weighted by Gasteiger charge is -2.19. The minimum absolute atomic E-state index is 0.0238. The Kier molecular flexibility index (Phi) is 5.53. The number of aliphatic carboxylic acids is 1. The molecule has 6 heteroatoms. The van der Waals surface area contributed by atoms with Gasteiger partial charge in [-0.05, 0) is 30.2 Å². The van der Waals surface area contributed by atoms with Crippen molar-refractivity contribution in [3.05, 3.63) is 29.8 Å². The maximum Gasteiger partial charge on any atom is 0.317 e. The normalized spacial score (nSPS) is 12.6. The van der Waals surface area contributed by atoms with E-state index in [1.807, 2.05) is 12.1 Å². The van der Waals surface area contributed by atoms with Gasteiger partial charge in [-0.25, -0.2) is 8.42 Å². The fourth-order valence-electron chi connectivity index (χ4n) is 1.87. The van der Waals surface area contributed by atoms with Crippen LogP contribution in [-0.2, 0) is 20.0 Å². The molecule has 118 valence electrons. The first-order valence-electron chi connectivity index (χ1n) is 6.76. The lowest BCUT2D eigenvalue weighted by Crippen LogP contribution is -2.30. The number of hydrogen-bond acceptors (Lipinski definition) is 4. The van der Waals surface area contributed by atoms with E-state index in [9.17, 15) is 13.2 Å². The molecular formula is C15H23NO4S. The Morgan fingerprint density at radius 3 is 2.14 bits per heavy atom. The van der Waals surface area contributed by atoms with Gasteiger partial charge in [-0.2, -0.15) is 0 Å². The lowest BCUT2D eigenvalue weighted by atomic mass is 9.87. The van der Waals surface area contributed by atoms with E-state index in [1.54, 1.807) is 19.2 Å². The highest BCUT2D eigenvalue weighted by atomic mass is 32.2. The molecule has 1 rings (SSSR count). The van der Waals surface area contributed by atoms with Gasteiger partial charge < -0.3 is 5.11 Å². The van der Waals surface area contributed by atoms with Gasteiger partial charge in [-0.15, -0.1) is 0 Å². The molecule has 0 saturated heterocycles. The zero-order valence-corrected chi connectivity index (χ0v) is 13.8. The molecule has 0 heterocycles. The predicted octanol–water partition coefficient (Wildman–Crippen LogP) is 1.77. The molecule has 0 amide bonds. The fourth-order valence-corrected chi connectivity index (χ4v) is 3.20. The molecule has 0 fully saturated rings. The highest BCUT2D eigenvalue weighted by Gasteiger charge is 2.18. The van der Waals surface area contributed by atoms with Crippen molar-refractivity contribution in [2.75, 3.05) is 25.9 Å². The second-order valence-electron chi connectivity index (χ2n) is 6.22. The number of benzene rings is 1. The minimum atomic E-state index is -3.39. The van der Waals surface area contributed by atoms with Crippen LogP contribution in [0, 0.1) is 0 Å². The Hall–Kier alpha value is -1.40. The summed E-state index contributed by atoms with van der Waals surface area (Å²) in [6.07, 6.45) is 0. The van der Waals surface area contributed by atoms with Crippen molar-refractivity contribution >= 4 is 15.8 Å². The average molecular weight is 313 g/mol. The number of likely N-dealkylation sites (N-methyl/N-ethyl adjacent to an activating group) is 1. The molecule has 0 radical (unpaired) electrons. The maximum atomic E-state index is 12.2. The van der Waals surface area contributed by atoms with Crippen LogP contribution in [0.3, 0.4) is 0 Å². The molecule has 0 atom stereocenters. The molecule has 1 N–H and O–H groups in total. The number of carboxylic acid groups (broad SMARTS) is 1. The van der Waals surface area contributed by atoms with Gasteiger partial charge >= 0.3 is 5.97 Å². The van der Waals surface area contributed by atoms with Crippen LogP contribution in [0.4, 0.5) is 0 Å². The second kappa shape index (κ2) is 6.58. The largest absolute Gasteiger partial charge is 0.480 e. The number of carbonyl (C=O) groups is 1. The summed E-state index contributed by atoms with van der Waals surface area (Å²) in [6.45, 7) is 6.22. The van der Waals surface area contributed by atoms with Crippen molar-refractivity contribution in [1.82, 2.24) is 4.90 Å². The third-order valence-corrected chi connectivity index (χ3v) is 4.94. The van der Waals surface area contributed by atoms with E-state index in [1.165, 1.54) is 4.90 Å². The number of hydrogen-bond donors (Lipinski definition) is 1. The van der Waals surface area contributed by atoms with Crippen LogP contribution in [0.1, 0.15) is 26.3 Å². The first kappa shape index (κ1) is 17.7. The third-order valence-electron chi connectivity index (χ3n) is 3.23. The molecule has 0 aromatic heterocycles. The molecule has 0 bridgehead atoms. The number of sulfone groups is 1. The topological polar surface area (TPSA) is 74.7 Å². The second-order valence-corrected chi connectivity index (χ2v) is 8.33. The molecule has 1 aromatic rings. The molecule has 0 spiro atoms. The first-order valence-corrected chi connectivity index (χ1v) is 8.41. The van der Waals surface area contributed by atoms with Crippen molar-refractivity contribution in [1.29, 1.82) is 0 Å². The van der Waals surface area contributed by atoms with Crippen LogP contribution in [0.2, 0.25) is 0 Å². The van der Waals surface area contributed by atoms with Gasteiger partial charge in [0.25, 0.3) is 0 Å². The van der Waals surface area contributed by atoms with Crippen LogP contribution in [0.25, 0.3) is 0 Å². The van der Waals surface area contributed by atoms with Crippen molar-refractivity contribution in [3.8, 4) is 0 Å². The van der Waals surface area contributed by atoms with E-state index in [-0.39, 0.29) is 29.2 Å². The Balaban J connectivity index is 2.77. The van der Waals surface area contributed by atoms with E-state index in [2.05, 4.69) is 20.8 Å². The van der Waals surface area contributed by atoms with Crippen LogP contribution in [-0.4, -0.2) is 50.3 Å². The predicted molar refractivity (Wildman–Crippen MR) is 82.3 cm³/mol. The van der Waals surface area contributed by atoms with Crippen LogP contribution in [0.5, 0.6) is 0 Å². The fraction of sp³-hybridized carbons (Fsp3) is 0.533. The average Bonchev–Trinajstić information content (AvgIpc) is 2.35. The van der Waals surface area contributed by atoms with Gasteiger partial charge in [0.1, 0.15) is 0 Å². The van der Waals surface area contributed by atoms with E-state index in [0.717, 1.165) is 5.56 Å². The highest BCUT2D eigenvalue weighted by molar-refractivity contribution is 7.91. The molecule has 0 unspecified atom stereocenters. The number of nitrogens with zero attached hydrogens (tertiary/aromatic N) is 1. The molecule has 0 saturated carbocycles. The summed E-state index contributed by atoms with van der Waals surface area (Å²) in [4.78, 5) is 12.3. The third kappa shape index (κ3) is 5.47. The molecule has 21 heavy (non-hydrogen) atoms. The summed E-state index contributed by atoms with van der Waals surface area (Å²) in [6, 6.07) is 6.89. The van der Waals surface area contributed by atoms with Gasteiger partial charge in [0, 0.05) is 6.54 Å². The van der Waals surface area contributed by atoms with E-state index in [0.29, 0.717) is 0 Å². The molecule has 0 aliphatic heterocycles. The van der Waals surface area contributed by atoms with Gasteiger partial charge in [0.05, 0.1) is 17.2 Å². The molecule has 5 nitrogen and oxygen atoms in total. The van der Waals surface area contributed by atoms with Crippen LogP contribution in [0.15, 0.2) is 29.2 Å². The van der Waals surface area contributed by atoms with Crippen LogP contribution >= 0.6 is 0 Å². The van der Waals surface area contributed by atoms with Gasteiger partial charge in [-0.1, -0.05) is 32.9 Å². The summed E-state index contributed by atoms with van der Waals surface area (Å²) in [5.41, 5.74) is 1.05. The van der Waals surface area contributed by atoms with Crippen molar-refractivity contribution in [3.63, 3.8) is 0 Å². The summed E-state index contributed by atoms with van der Waals surface area (Å²) in [5, 5.41) is 8.65. The van der Waals surface area contributed by atoms with E-state index >= 15 is 0 Å². The van der Waals surface area contributed by atoms with Crippen molar-refractivity contribution in [2.24, 2.45) is 0 Å². The standard InChI is InChI=1S/C15H23NO4S/c1-15(2,3)12-5-7-13(8-6-12)21(19,20)10-9-16(4)11-14(17)18/h5-8H,9-11H2,1-4H3,(H,17,18). The molecule has 0 aliphatic rings. The van der Waals surface area contributed by atoms with Crippen LogP contribution < -0.4 is 0 Å². The minimum Gasteiger partial charge on any atom is -0.480 e. The first-order chi connectivity index (χ1) is 9.52. The zero-order valence-electron chi connectivity index (χ0n) is 13.0. The summed E-state index contributed by atoms with van der Waals surface area (Å²) >= 11 is 0.